The van der Waals surface area contributed by atoms with Crippen LogP contribution in [-0.4, -0.2) is 82.7 Å². The van der Waals surface area contributed by atoms with Gasteiger partial charge >= 0.3 is 12.4 Å². The summed E-state index contributed by atoms with van der Waals surface area (Å²) in [6, 6.07) is 4.52. The van der Waals surface area contributed by atoms with E-state index in [1.54, 1.807) is 0 Å². The molecule has 0 aliphatic heterocycles. The lowest BCUT2D eigenvalue weighted by atomic mass is 9.80. The van der Waals surface area contributed by atoms with Gasteiger partial charge in [0, 0.05) is 53.3 Å². The Morgan fingerprint density at radius 3 is 2.15 bits per heavy atom. The lowest BCUT2D eigenvalue weighted by Crippen LogP contribution is -2.48. The fourth-order valence-electron chi connectivity index (χ4n) is 8.83. The smallest absolute Gasteiger partial charge is 0.347 e. The minimum Gasteiger partial charge on any atom is -0.347 e. The summed E-state index contributed by atoms with van der Waals surface area (Å²) in [6.45, 7) is -0.631. The number of anilines is 1. The summed E-state index contributed by atoms with van der Waals surface area (Å²) >= 11 is 6.64. The molecule has 27 heteroatoms. The molecule has 3 aliphatic carbocycles. The van der Waals surface area contributed by atoms with Gasteiger partial charge in [0.05, 0.1) is 33.9 Å². The van der Waals surface area contributed by atoms with Crippen molar-refractivity contribution in [2.45, 2.75) is 93.6 Å². The van der Waals surface area contributed by atoms with E-state index >= 15 is 8.78 Å². The Morgan fingerprint density at radius 2 is 1.58 bits per heavy atom. The number of carbonyl (C=O) groups excluding carboxylic acids is 2. The molecule has 3 aromatic heterocycles. The van der Waals surface area contributed by atoms with E-state index < -0.39 is 149 Å². The fourth-order valence-corrected chi connectivity index (χ4v) is 10.2. The Kier molecular flexibility index (Phi) is 12.7. The molecular formula is C44H39ClF10N8O6S2. The largest absolute Gasteiger partial charge is 0.435 e. The van der Waals surface area contributed by atoms with Gasteiger partial charge in [0.1, 0.15) is 40.9 Å². The number of hydrogen-bond acceptors (Lipinski definition) is 10. The van der Waals surface area contributed by atoms with Gasteiger partial charge in [0.25, 0.3) is 5.92 Å². The standard InChI is InChI=1S/C44H39ClF10N8O6S2/c1-41(2,70(3,66)67)10-9-25-5-6-26(27-7-8-30(45)35-36(27)62(19-42(48,49)50)60-39(35)63(71(4,68)69)40(65)21-13-24(56)14-21)32(57-25)17-31(20-11-22(46)15-23(47)12-20)58-33(64)18-61-38-34(37(59-61)44(53,54)55)28-16-29(28)43(38,51)52/h5-8,11-12,15,21,24,28-29,31H,13-14,16-19,56H2,1-4H3,(H,58,64)/t21?,24?,28-,29+,31-/m0/s1. The number of fused-ring (bicyclic) bond motifs is 4. The first-order valence-corrected chi connectivity index (χ1v) is 25.4. The second-order valence-electron chi connectivity index (χ2n) is 18.3. The minimum atomic E-state index is -5.19. The lowest BCUT2D eigenvalue weighted by molar-refractivity contribution is -0.143. The Hall–Kier alpha value is -5.78. The van der Waals surface area contributed by atoms with Crippen molar-refractivity contribution in [3.05, 3.63) is 93.0 Å². The van der Waals surface area contributed by atoms with Crippen LogP contribution in [-0.2, 0) is 61.1 Å². The maximum Gasteiger partial charge on any atom is 0.435 e. The molecule has 3 aliphatic rings. The number of pyridine rings is 1. The Morgan fingerprint density at radius 1 is 0.944 bits per heavy atom. The molecule has 3 N–H and O–H groups in total. The number of sulfone groups is 1. The van der Waals surface area contributed by atoms with Crippen LogP contribution in [0.25, 0.3) is 22.0 Å². The Labute approximate surface area is 402 Å². The van der Waals surface area contributed by atoms with Crippen molar-refractivity contribution in [1.82, 2.24) is 29.9 Å². The molecule has 0 saturated heterocycles. The van der Waals surface area contributed by atoms with Crippen molar-refractivity contribution in [1.29, 1.82) is 0 Å². The summed E-state index contributed by atoms with van der Waals surface area (Å²) in [4.78, 5) is 32.3. The van der Waals surface area contributed by atoms with Crippen LogP contribution in [0.2, 0.25) is 5.02 Å². The average Bonchev–Trinajstić information content (AvgIpc) is 3.73. The first-order valence-electron chi connectivity index (χ1n) is 21.3. The minimum absolute atomic E-state index is 0.0374. The fraction of sp³-hybridized carbons (Fsp3) is 0.432. The second-order valence-corrected chi connectivity index (χ2v) is 23.1. The maximum atomic E-state index is 15.5. The zero-order valence-corrected chi connectivity index (χ0v) is 39.7. The van der Waals surface area contributed by atoms with E-state index in [2.05, 4.69) is 32.3 Å². The highest BCUT2D eigenvalue weighted by atomic mass is 35.5. The molecule has 0 radical (unpaired) electrons. The molecule has 3 heterocycles. The van der Waals surface area contributed by atoms with Crippen LogP contribution in [0.1, 0.15) is 79.0 Å². The number of hydrogen-bond donors (Lipinski definition) is 2. The second kappa shape index (κ2) is 17.5. The highest BCUT2D eigenvalue weighted by Crippen LogP contribution is 2.68. The number of alkyl halides is 8. The van der Waals surface area contributed by atoms with Crippen molar-refractivity contribution < 1.29 is 70.3 Å². The zero-order valence-electron chi connectivity index (χ0n) is 37.4. The summed E-state index contributed by atoms with van der Waals surface area (Å²) in [7, 11) is -8.53. The van der Waals surface area contributed by atoms with E-state index in [1.807, 2.05) is 0 Å². The van der Waals surface area contributed by atoms with Crippen molar-refractivity contribution >= 4 is 60.0 Å². The number of sulfonamides is 1. The molecular weight excluding hydrogens is 1030 g/mol. The molecule has 8 rings (SSSR count). The van der Waals surface area contributed by atoms with E-state index in [0.29, 0.717) is 17.0 Å². The molecule has 2 saturated carbocycles. The zero-order chi connectivity index (χ0) is 52.3. The van der Waals surface area contributed by atoms with Crippen LogP contribution >= 0.6 is 11.6 Å². The van der Waals surface area contributed by atoms with Gasteiger partial charge in [0.15, 0.2) is 21.3 Å². The van der Waals surface area contributed by atoms with Gasteiger partial charge in [-0.25, -0.2) is 30.6 Å². The quantitative estimate of drug-likeness (QED) is 0.0946. The number of halogens is 11. The summed E-state index contributed by atoms with van der Waals surface area (Å²) in [5.74, 6) is -7.83. The summed E-state index contributed by atoms with van der Waals surface area (Å²) in [6.07, 6.45) is -9.65. The molecule has 71 heavy (non-hydrogen) atoms. The SMILES string of the molecule is CC(C)(C#Cc1ccc(-c2ccc(Cl)c3c(N(C(=O)C4CC(N)C4)S(C)(=O)=O)nn(CC(F)(F)F)c23)c(C[C@H](NC(=O)Cn2nc(C(F)(F)F)c3c2C(F)(F)[C@@H]2C[C@H]32)c2cc(F)cc(F)c2)n1)S(C)(=O)=O. The van der Waals surface area contributed by atoms with E-state index in [9.17, 15) is 61.5 Å². The highest BCUT2D eigenvalue weighted by molar-refractivity contribution is 7.93. The van der Waals surface area contributed by atoms with Gasteiger partial charge in [0.2, 0.25) is 21.8 Å². The third-order valence-electron chi connectivity index (χ3n) is 12.6. The molecule has 3 atom stereocenters. The number of aromatic nitrogens is 5. The van der Waals surface area contributed by atoms with Gasteiger partial charge in [-0.1, -0.05) is 23.6 Å². The highest BCUT2D eigenvalue weighted by Gasteiger charge is 2.68. The number of nitrogens with zero attached hydrogens (tertiary/aromatic N) is 6. The topological polar surface area (TPSA) is 192 Å². The van der Waals surface area contributed by atoms with E-state index in [1.165, 1.54) is 32.0 Å². The number of amides is 2. The van der Waals surface area contributed by atoms with Crippen molar-refractivity contribution in [2.75, 3.05) is 16.8 Å². The molecule has 14 nitrogen and oxygen atoms in total. The van der Waals surface area contributed by atoms with Crippen LogP contribution in [0.3, 0.4) is 0 Å². The Bertz CT molecular complexity index is 3320. The monoisotopic (exact) mass is 1060 g/mol. The summed E-state index contributed by atoms with van der Waals surface area (Å²) in [5, 5.41) is 8.88. The van der Waals surface area contributed by atoms with E-state index in [4.69, 9.17) is 17.3 Å². The van der Waals surface area contributed by atoms with Crippen LogP contribution in [0, 0.1) is 35.3 Å². The third-order valence-corrected chi connectivity index (χ3v) is 15.9. The molecule has 380 valence electrons. The van der Waals surface area contributed by atoms with Gasteiger partial charge in [-0.05, 0) is 80.8 Å². The van der Waals surface area contributed by atoms with E-state index in [0.717, 1.165) is 24.5 Å². The Balaban J connectivity index is 1.31. The van der Waals surface area contributed by atoms with Gasteiger partial charge in [-0.2, -0.15) is 49.6 Å². The van der Waals surface area contributed by atoms with Crippen LogP contribution < -0.4 is 15.4 Å². The molecule has 2 amide bonds. The summed E-state index contributed by atoms with van der Waals surface area (Å²) < 4.78 is 198. The number of benzene rings is 2. The number of nitrogens with one attached hydrogen (secondary N) is 1. The first kappa shape index (κ1) is 51.6. The lowest BCUT2D eigenvalue weighted by Gasteiger charge is -2.34. The van der Waals surface area contributed by atoms with Gasteiger partial charge in [-0.3, -0.25) is 19.0 Å². The average molecular weight is 1070 g/mol. The summed E-state index contributed by atoms with van der Waals surface area (Å²) in [5.41, 5.74) is 0.515. The molecule has 2 fully saturated rings. The third kappa shape index (κ3) is 9.93. The van der Waals surface area contributed by atoms with Crippen LogP contribution in [0.5, 0.6) is 0 Å². The van der Waals surface area contributed by atoms with Gasteiger partial charge < -0.3 is 11.1 Å². The van der Waals surface area contributed by atoms with Gasteiger partial charge in [-0.15, -0.1) is 0 Å². The van der Waals surface area contributed by atoms with Crippen molar-refractivity contribution in [3.8, 4) is 23.0 Å². The number of carbonyl (C=O) groups is 2. The molecule has 0 spiro atoms. The maximum absolute atomic E-state index is 15.5. The van der Waals surface area contributed by atoms with Crippen molar-refractivity contribution in [3.63, 3.8) is 0 Å². The normalized spacial score (nSPS) is 20.1. The molecule has 0 bridgehead atoms. The molecule has 5 aromatic rings. The van der Waals surface area contributed by atoms with Crippen molar-refractivity contribution in [2.24, 2.45) is 17.6 Å². The first-order chi connectivity index (χ1) is 32.7. The predicted octanol–water partition coefficient (Wildman–Crippen LogP) is 7.32. The van der Waals surface area contributed by atoms with Crippen LogP contribution in [0.15, 0.2) is 42.5 Å². The predicted molar refractivity (Wildman–Crippen MR) is 236 cm³/mol. The molecule has 0 unspecified atom stereocenters. The van der Waals surface area contributed by atoms with E-state index in [-0.39, 0.29) is 61.4 Å². The number of rotatable bonds is 12. The number of nitrogens with two attached hydrogens (primary N) is 1. The molecule has 2 aromatic carbocycles. The van der Waals surface area contributed by atoms with Crippen LogP contribution in [0.4, 0.5) is 49.7 Å².